The van der Waals surface area contributed by atoms with Crippen LogP contribution in [0.15, 0.2) is 12.2 Å². The van der Waals surface area contributed by atoms with Crippen LogP contribution in [0.25, 0.3) is 0 Å². The smallest absolute Gasteiger partial charge is 0.0310 e. The van der Waals surface area contributed by atoms with Gasteiger partial charge >= 0.3 is 0 Å². The van der Waals surface area contributed by atoms with Crippen LogP contribution in [-0.2, 0) is 0 Å². The van der Waals surface area contributed by atoms with Crippen molar-refractivity contribution in [3.63, 3.8) is 0 Å². The summed E-state index contributed by atoms with van der Waals surface area (Å²) in [6, 6.07) is 0. The number of allylic oxidation sites excluding steroid dienone is 2. The summed E-state index contributed by atoms with van der Waals surface area (Å²) in [5, 5.41) is 0. The lowest BCUT2D eigenvalue weighted by Crippen LogP contribution is -1.77. The van der Waals surface area contributed by atoms with Gasteiger partial charge in [0.25, 0.3) is 0 Å². The third-order valence-corrected chi connectivity index (χ3v) is 0.883. The molecule has 2 atom stereocenters. The van der Waals surface area contributed by atoms with E-state index in [1.54, 1.807) is 12.2 Å². The van der Waals surface area contributed by atoms with E-state index in [2.05, 4.69) is 0 Å². The van der Waals surface area contributed by atoms with E-state index in [9.17, 15) is 0 Å². The predicted molar refractivity (Wildman–Crippen MR) is 27.6 cm³/mol. The maximum atomic E-state index is 7.19. The molecule has 0 fully saturated rings. The van der Waals surface area contributed by atoms with Gasteiger partial charge in [-0.2, -0.15) is 0 Å². The first kappa shape index (κ1) is 2.15. The Labute approximate surface area is 41.7 Å². The minimum absolute atomic E-state index is 0.0309. The van der Waals surface area contributed by atoms with E-state index in [0.29, 0.717) is 0 Å². The lowest BCUT2D eigenvalue weighted by molar-refractivity contribution is 0.730. The lowest BCUT2D eigenvalue weighted by Gasteiger charge is -1.97. The molecule has 1 aliphatic rings. The predicted octanol–water partition coefficient (Wildman–Crippen LogP) is 2.12. The Morgan fingerprint density at radius 1 is 1.17 bits per heavy atom. The molecule has 0 heteroatoms. The Kier molecular flexibility index (Phi) is 0.722. The first-order valence-corrected chi connectivity index (χ1v) is 2.32. The maximum Gasteiger partial charge on any atom is 0.0310 e. The highest BCUT2D eigenvalue weighted by Gasteiger charge is 1.87. The highest BCUT2D eigenvalue weighted by Crippen LogP contribution is 2.07. The molecule has 1 rings (SSSR count). The summed E-state index contributed by atoms with van der Waals surface area (Å²) < 4.78 is 14.4. The quantitative estimate of drug-likeness (QED) is 0.394. The molecular weight excluding hydrogens is 72.1 g/mol. The Hall–Kier alpha value is -0.260. The van der Waals surface area contributed by atoms with E-state index >= 15 is 0 Å². The minimum Gasteiger partial charge on any atom is -0.0885 e. The van der Waals surface area contributed by atoms with Gasteiger partial charge in [0.15, 0.2) is 0 Å². The summed E-state index contributed by atoms with van der Waals surface area (Å²) in [5.74, 6) is 0. The molecule has 0 heterocycles. The van der Waals surface area contributed by atoms with E-state index in [0.717, 1.165) is 12.8 Å². The summed E-state index contributed by atoms with van der Waals surface area (Å²) >= 11 is 0. The molecule has 0 N–H and O–H groups in total. The van der Waals surface area contributed by atoms with E-state index in [-0.39, 0.29) is 12.8 Å². The van der Waals surface area contributed by atoms with Crippen LogP contribution in [0.2, 0.25) is 0 Å². The molecule has 0 saturated heterocycles. The molecule has 0 aromatic rings. The molecule has 6 heavy (non-hydrogen) atoms. The molecular formula is C6H10. The monoisotopic (exact) mass is 84.1 g/mol. The second kappa shape index (κ2) is 2.01. The first-order valence-electron chi connectivity index (χ1n) is 3.47. The second-order valence-corrected chi connectivity index (χ2v) is 1.43. The molecule has 0 aromatic heterocycles. The van der Waals surface area contributed by atoms with Crippen molar-refractivity contribution in [2.45, 2.75) is 25.6 Å². The molecule has 0 aromatic carbocycles. The van der Waals surface area contributed by atoms with Crippen molar-refractivity contribution in [1.82, 2.24) is 0 Å². The summed E-state index contributed by atoms with van der Waals surface area (Å²) in [5.41, 5.74) is 0. The van der Waals surface area contributed by atoms with Gasteiger partial charge < -0.3 is 0 Å². The van der Waals surface area contributed by atoms with Crippen molar-refractivity contribution in [2.24, 2.45) is 0 Å². The SMILES string of the molecule is [2H][C@@H]1C=C[C@H]([2H])CC1. The fraction of sp³-hybridized carbons (Fsp3) is 0.667. The van der Waals surface area contributed by atoms with E-state index in [4.69, 9.17) is 2.74 Å². The van der Waals surface area contributed by atoms with Gasteiger partial charge in [-0.1, -0.05) is 12.2 Å². The molecule has 1 aliphatic carbocycles. The van der Waals surface area contributed by atoms with Crippen molar-refractivity contribution in [1.29, 1.82) is 0 Å². The number of rotatable bonds is 0. The third kappa shape index (κ3) is 0.852. The zero-order valence-electron chi connectivity index (χ0n) is 5.72. The average Bonchev–Trinajstić information content (AvgIpc) is 1.77. The summed E-state index contributed by atoms with van der Waals surface area (Å²) in [7, 11) is 0. The fourth-order valence-electron chi connectivity index (χ4n) is 0.542. The fourth-order valence-corrected chi connectivity index (χ4v) is 0.542. The van der Waals surface area contributed by atoms with Crippen LogP contribution in [0.5, 0.6) is 0 Å². The number of hydrogen-bond donors (Lipinski definition) is 0. The van der Waals surface area contributed by atoms with Crippen LogP contribution in [0.4, 0.5) is 0 Å². The van der Waals surface area contributed by atoms with E-state index in [1.807, 2.05) is 0 Å². The number of hydrogen-bond acceptors (Lipinski definition) is 0. The van der Waals surface area contributed by atoms with Crippen molar-refractivity contribution < 1.29 is 2.74 Å². The maximum absolute atomic E-state index is 7.19. The van der Waals surface area contributed by atoms with Gasteiger partial charge in [-0.25, -0.2) is 0 Å². The van der Waals surface area contributed by atoms with Gasteiger partial charge in [0.2, 0.25) is 0 Å². The zero-order chi connectivity index (χ0) is 5.98. The summed E-state index contributed by atoms with van der Waals surface area (Å²) in [4.78, 5) is 0. The van der Waals surface area contributed by atoms with Gasteiger partial charge in [0.05, 0.1) is 0 Å². The molecule has 34 valence electrons. The van der Waals surface area contributed by atoms with Gasteiger partial charge in [-0.3, -0.25) is 0 Å². The van der Waals surface area contributed by atoms with Crippen molar-refractivity contribution in [3.8, 4) is 0 Å². The van der Waals surface area contributed by atoms with Gasteiger partial charge in [0.1, 0.15) is 0 Å². The van der Waals surface area contributed by atoms with Gasteiger partial charge in [0, 0.05) is 2.74 Å². The third-order valence-electron chi connectivity index (χ3n) is 0.883. The molecule has 0 unspecified atom stereocenters. The largest absolute Gasteiger partial charge is 0.0885 e. The average molecular weight is 84.2 g/mol. The van der Waals surface area contributed by atoms with Crippen molar-refractivity contribution >= 4 is 0 Å². The second-order valence-electron chi connectivity index (χ2n) is 1.43. The molecule has 0 bridgehead atoms. The molecule has 0 nitrogen and oxygen atoms in total. The van der Waals surface area contributed by atoms with Crippen LogP contribution >= 0.6 is 0 Å². The van der Waals surface area contributed by atoms with Gasteiger partial charge in [-0.15, -0.1) is 0 Å². The van der Waals surface area contributed by atoms with E-state index < -0.39 is 0 Å². The lowest BCUT2D eigenvalue weighted by atomic mass is 10.1. The Morgan fingerprint density at radius 3 is 2.00 bits per heavy atom. The Bertz CT molecular complexity index is 86.7. The zero-order valence-corrected chi connectivity index (χ0v) is 3.72. The topological polar surface area (TPSA) is 0 Å². The summed E-state index contributed by atoms with van der Waals surface area (Å²) in [6.45, 7) is 0. The van der Waals surface area contributed by atoms with Crippen LogP contribution in [-0.4, -0.2) is 0 Å². The van der Waals surface area contributed by atoms with Gasteiger partial charge in [-0.05, 0) is 25.6 Å². The molecule has 0 spiro atoms. The first-order chi connectivity index (χ1) is 3.79. The highest BCUT2D eigenvalue weighted by atomic mass is 13.9. The van der Waals surface area contributed by atoms with Crippen molar-refractivity contribution in [2.75, 3.05) is 0 Å². The van der Waals surface area contributed by atoms with Crippen LogP contribution in [0.1, 0.15) is 28.4 Å². The Balaban J connectivity index is 2.42. The Morgan fingerprint density at radius 2 is 1.67 bits per heavy atom. The van der Waals surface area contributed by atoms with Crippen molar-refractivity contribution in [3.05, 3.63) is 12.2 Å². The highest BCUT2D eigenvalue weighted by molar-refractivity contribution is 4.85. The minimum atomic E-state index is -0.0309. The summed E-state index contributed by atoms with van der Waals surface area (Å²) in [6.07, 6.45) is 5.28. The normalized spacial score (nSPS) is 50.7. The van der Waals surface area contributed by atoms with Crippen LogP contribution in [0.3, 0.4) is 0 Å². The molecule has 0 amide bonds. The molecule has 0 aliphatic heterocycles. The van der Waals surface area contributed by atoms with Crippen LogP contribution < -0.4 is 0 Å². The van der Waals surface area contributed by atoms with Crippen LogP contribution in [0, 0.1) is 0 Å². The van der Waals surface area contributed by atoms with E-state index in [1.165, 1.54) is 0 Å². The molecule has 0 saturated carbocycles. The standard InChI is InChI=1S/C6H10/c1-2-4-6-5-3-1/h1-2H,3-6H2/i3D,4D/t3-,4+. The molecule has 0 radical (unpaired) electrons.